The summed E-state index contributed by atoms with van der Waals surface area (Å²) in [5, 5.41) is 11.7. The van der Waals surface area contributed by atoms with Crippen LogP contribution in [0, 0.1) is 6.92 Å². The standard InChI is InChI=1S/C11H12ClNO5S.Na/c1-6(14)5-10(15)13-11-7(2)8(12)3-4-9(11)19(16,17)18;/h3-4H,5H2,1-2H3,(H,13,15)(H,16,17,18);/q;+1/p-1. The van der Waals surface area contributed by atoms with Crippen molar-refractivity contribution in [2.75, 3.05) is 0 Å². The molecule has 0 saturated carbocycles. The Morgan fingerprint density at radius 2 is 2.00 bits per heavy atom. The van der Waals surface area contributed by atoms with Gasteiger partial charge in [0.05, 0.1) is 5.69 Å². The van der Waals surface area contributed by atoms with Gasteiger partial charge in [-0.2, -0.15) is 8.42 Å². The van der Waals surface area contributed by atoms with E-state index in [-0.39, 0.29) is 45.8 Å². The van der Waals surface area contributed by atoms with Gasteiger partial charge in [-0.25, -0.2) is 0 Å². The molecular weight excluding hydrogens is 317 g/mol. The molecule has 6 nitrogen and oxygen atoms in total. The number of carbonyl (C=O) groups excluding carboxylic acids is 1. The van der Waals surface area contributed by atoms with E-state index in [0.29, 0.717) is 0 Å². The first-order valence-corrected chi connectivity index (χ1v) is 6.95. The second-order valence-electron chi connectivity index (χ2n) is 3.88. The summed E-state index contributed by atoms with van der Waals surface area (Å²) in [6.45, 7) is 2.67. The van der Waals surface area contributed by atoms with E-state index in [1.165, 1.54) is 19.9 Å². The molecule has 1 N–H and O–H groups in total. The van der Waals surface area contributed by atoms with Crippen LogP contribution in [-0.4, -0.2) is 24.7 Å². The summed E-state index contributed by atoms with van der Waals surface area (Å²) in [5.41, 5.74) is -0.0186. The third-order valence-electron chi connectivity index (χ3n) is 2.24. The van der Waals surface area contributed by atoms with Gasteiger partial charge in [-0.3, -0.25) is 14.3 Å². The van der Waals surface area contributed by atoms with E-state index in [1.807, 2.05) is 0 Å². The van der Waals surface area contributed by atoms with Gasteiger partial charge in [0.2, 0.25) is 0 Å². The monoisotopic (exact) mass is 327 g/mol. The maximum absolute atomic E-state index is 11.5. The summed E-state index contributed by atoms with van der Waals surface area (Å²) in [6.07, 6.45) is -0.448. The molecule has 0 unspecified atom stereocenters. The predicted molar refractivity (Wildman–Crippen MR) is 68.4 cm³/mol. The van der Waals surface area contributed by atoms with E-state index in [9.17, 15) is 18.3 Å². The Kier molecular flexibility index (Phi) is 7.37. The Hall–Kier alpha value is -0.440. The van der Waals surface area contributed by atoms with Crippen molar-refractivity contribution < 1.29 is 52.4 Å². The van der Waals surface area contributed by atoms with Crippen LogP contribution in [0.5, 0.6) is 0 Å². The second kappa shape index (κ2) is 7.53. The minimum Gasteiger partial charge on any atom is -0.861 e. The summed E-state index contributed by atoms with van der Waals surface area (Å²) in [6, 6.07) is 2.32. The van der Waals surface area contributed by atoms with Crippen molar-refractivity contribution in [3.8, 4) is 0 Å². The third kappa shape index (κ3) is 5.16. The minimum atomic E-state index is -4.54. The SMILES string of the molecule is CC(=O)CC([O-])=Nc1c(S(=O)(=O)O)ccc(Cl)c1C.[Na+]. The number of Topliss-reactive ketones (excluding diaryl/α,β-unsaturated/α-hetero) is 1. The van der Waals surface area contributed by atoms with Crippen molar-refractivity contribution in [2.45, 2.75) is 25.2 Å². The van der Waals surface area contributed by atoms with Crippen LogP contribution in [-0.2, 0) is 14.9 Å². The van der Waals surface area contributed by atoms with Crippen molar-refractivity contribution in [3.05, 3.63) is 22.7 Å². The number of rotatable bonds is 4. The Morgan fingerprint density at radius 3 is 2.45 bits per heavy atom. The zero-order valence-electron chi connectivity index (χ0n) is 11.2. The molecule has 0 amide bonds. The Labute approximate surface area is 143 Å². The summed E-state index contributed by atoms with van der Waals surface area (Å²) in [5.74, 6) is -1.20. The van der Waals surface area contributed by atoms with Gasteiger partial charge in [-0.1, -0.05) is 11.6 Å². The number of hydrogen-bond acceptors (Lipinski definition) is 5. The molecule has 0 aliphatic carbocycles. The zero-order valence-corrected chi connectivity index (χ0v) is 14.7. The zero-order chi connectivity index (χ0) is 14.8. The van der Waals surface area contributed by atoms with Crippen LogP contribution in [0.15, 0.2) is 22.0 Å². The topological polar surface area (TPSA) is 107 Å². The molecule has 0 atom stereocenters. The van der Waals surface area contributed by atoms with Gasteiger partial charge in [0.1, 0.15) is 10.7 Å². The van der Waals surface area contributed by atoms with E-state index in [4.69, 9.17) is 16.2 Å². The molecule has 20 heavy (non-hydrogen) atoms. The predicted octanol–water partition coefficient (Wildman–Crippen LogP) is -1.73. The van der Waals surface area contributed by atoms with Gasteiger partial charge in [0.25, 0.3) is 10.1 Å². The average molecular weight is 328 g/mol. The van der Waals surface area contributed by atoms with Gasteiger partial charge < -0.3 is 5.11 Å². The van der Waals surface area contributed by atoms with Crippen LogP contribution in [0.2, 0.25) is 5.02 Å². The Morgan fingerprint density at radius 1 is 1.45 bits per heavy atom. The smallest absolute Gasteiger partial charge is 0.861 e. The molecular formula is C11H11ClNNaO5S. The fourth-order valence-corrected chi connectivity index (χ4v) is 2.21. The first-order valence-electron chi connectivity index (χ1n) is 5.13. The van der Waals surface area contributed by atoms with E-state index in [2.05, 4.69) is 4.99 Å². The molecule has 0 fully saturated rings. The van der Waals surface area contributed by atoms with Gasteiger partial charge in [-0.05, 0) is 37.4 Å². The normalized spacial score (nSPS) is 11.9. The van der Waals surface area contributed by atoms with Crippen LogP contribution >= 0.6 is 11.6 Å². The first-order chi connectivity index (χ1) is 8.62. The summed E-state index contributed by atoms with van der Waals surface area (Å²) in [4.78, 5) is 13.8. The van der Waals surface area contributed by atoms with Crippen LogP contribution in [0.25, 0.3) is 0 Å². The van der Waals surface area contributed by atoms with Crippen molar-refractivity contribution in [1.82, 2.24) is 0 Å². The van der Waals surface area contributed by atoms with Gasteiger partial charge in [0.15, 0.2) is 0 Å². The van der Waals surface area contributed by atoms with Crippen LogP contribution < -0.4 is 34.7 Å². The molecule has 0 saturated heterocycles. The summed E-state index contributed by atoms with van der Waals surface area (Å²) in [7, 11) is -4.54. The molecule has 104 valence electrons. The van der Waals surface area contributed by atoms with Crippen molar-refractivity contribution in [3.63, 3.8) is 0 Å². The van der Waals surface area contributed by atoms with E-state index >= 15 is 0 Å². The van der Waals surface area contributed by atoms with E-state index in [0.717, 1.165) is 6.07 Å². The quantitative estimate of drug-likeness (QED) is 0.306. The maximum Gasteiger partial charge on any atom is 1.00 e. The number of carbonyl (C=O) groups is 1. The largest absolute Gasteiger partial charge is 1.00 e. The number of benzene rings is 1. The molecule has 1 aromatic rings. The van der Waals surface area contributed by atoms with Gasteiger partial charge >= 0.3 is 29.6 Å². The van der Waals surface area contributed by atoms with Crippen molar-refractivity contribution in [1.29, 1.82) is 0 Å². The fraction of sp³-hybridized carbons (Fsp3) is 0.273. The van der Waals surface area contributed by atoms with Crippen molar-refractivity contribution in [2.24, 2.45) is 4.99 Å². The number of ketones is 1. The van der Waals surface area contributed by atoms with Gasteiger partial charge in [0, 0.05) is 11.4 Å². The molecule has 0 aromatic heterocycles. The summed E-state index contributed by atoms with van der Waals surface area (Å²) < 4.78 is 31.5. The molecule has 0 heterocycles. The Bertz CT molecular complexity index is 657. The van der Waals surface area contributed by atoms with Gasteiger partial charge in [-0.15, -0.1) is 0 Å². The molecule has 0 bridgehead atoms. The molecule has 0 spiro atoms. The summed E-state index contributed by atoms with van der Waals surface area (Å²) >= 11 is 5.81. The number of halogens is 1. The molecule has 1 aromatic carbocycles. The first kappa shape index (κ1) is 19.6. The average Bonchev–Trinajstić information content (AvgIpc) is 2.22. The van der Waals surface area contributed by atoms with Crippen LogP contribution in [0.1, 0.15) is 18.9 Å². The van der Waals surface area contributed by atoms with Crippen LogP contribution in [0.3, 0.4) is 0 Å². The number of aliphatic imine (C=N–C) groups is 1. The molecule has 9 heteroatoms. The fourth-order valence-electron chi connectivity index (χ4n) is 1.37. The number of hydrogen-bond donors (Lipinski definition) is 1. The number of nitrogens with zero attached hydrogens (tertiary/aromatic N) is 1. The molecule has 0 aliphatic heterocycles. The minimum absolute atomic E-state index is 0. The van der Waals surface area contributed by atoms with Crippen molar-refractivity contribution >= 4 is 39.1 Å². The third-order valence-corrected chi connectivity index (χ3v) is 3.54. The maximum atomic E-state index is 11.5. The van der Waals surface area contributed by atoms with Crippen LogP contribution in [0.4, 0.5) is 5.69 Å². The molecule has 1 rings (SSSR count). The molecule has 0 radical (unpaired) electrons. The second-order valence-corrected chi connectivity index (χ2v) is 5.68. The molecule has 0 aliphatic rings. The van der Waals surface area contributed by atoms with E-state index < -0.39 is 33.1 Å². The van der Waals surface area contributed by atoms with E-state index in [1.54, 1.807) is 0 Å². The Balaban J connectivity index is 0.00000361.